The summed E-state index contributed by atoms with van der Waals surface area (Å²) < 4.78 is 27.5. The van der Waals surface area contributed by atoms with Crippen molar-refractivity contribution in [1.82, 2.24) is 4.72 Å². The third-order valence-electron chi connectivity index (χ3n) is 3.40. The Morgan fingerprint density at radius 2 is 1.68 bits per heavy atom. The maximum Gasteiger partial charge on any atom is 0.241 e. The van der Waals surface area contributed by atoms with Gasteiger partial charge in [-0.1, -0.05) is 67.1 Å². The molecule has 0 aliphatic carbocycles. The Bertz CT molecular complexity index is 719. The Morgan fingerprint density at radius 1 is 1.05 bits per heavy atom. The van der Waals surface area contributed by atoms with Crippen LogP contribution in [0.2, 0.25) is 0 Å². The van der Waals surface area contributed by atoms with Crippen LogP contribution in [0.3, 0.4) is 0 Å². The number of sulfonamides is 1. The second-order valence-electron chi connectivity index (χ2n) is 5.22. The molecule has 4 heteroatoms. The molecule has 2 aromatic rings. The summed E-state index contributed by atoms with van der Waals surface area (Å²) >= 11 is 0. The fourth-order valence-corrected chi connectivity index (χ4v) is 3.31. The van der Waals surface area contributed by atoms with Gasteiger partial charge in [-0.2, -0.15) is 0 Å². The van der Waals surface area contributed by atoms with Crippen LogP contribution >= 0.6 is 0 Å². The van der Waals surface area contributed by atoms with E-state index in [1.807, 2.05) is 56.3 Å². The van der Waals surface area contributed by atoms with E-state index < -0.39 is 10.0 Å². The van der Waals surface area contributed by atoms with Gasteiger partial charge in [-0.05, 0) is 31.0 Å². The van der Waals surface area contributed by atoms with E-state index in [0.29, 0.717) is 11.3 Å². The van der Waals surface area contributed by atoms with Crippen molar-refractivity contribution >= 4 is 16.1 Å². The van der Waals surface area contributed by atoms with Crippen molar-refractivity contribution in [3.63, 3.8) is 0 Å². The molecule has 1 atom stereocenters. The van der Waals surface area contributed by atoms with E-state index in [2.05, 4.69) is 4.72 Å². The van der Waals surface area contributed by atoms with Crippen molar-refractivity contribution < 1.29 is 8.42 Å². The quantitative estimate of drug-likeness (QED) is 0.882. The van der Waals surface area contributed by atoms with Gasteiger partial charge in [0.05, 0.1) is 4.90 Å². The lowest BCUT2D eigenvalue weighted by Gasteiger charge is -2.13. The van der Waals surface area contributed by atoms with Crippen molar-refractivity contribution in [3.05, 3.63) is 71.8 Å². The van der Waals surface area contributed by atoms with Crippen LogP contribution in [0.5, 0.6) is 0 Å². The molecule has 3 nitrogen and oxygen atoms in total. The third-order valence-corrected chi connectivity index (χ3v) is 4.90. The molecule has 22 heavy (non-hydrogen) atoms. The molecule has 0 saturated heterocycles. The lowest BCUT2D eigenvalue weighted by Crippen LogP contribution is -2.32. The highest BCUT2D eigenvalue weighted by atomic mass is 32.2. The number of hydrogen-bond donors (Lipinski definition) is 1. The fourth-order valence-electron chi connectivity index (χ4n) is 2.03. The summed E-state index contributed by atoms with van der Waals surface area (Å²) in [6.07, 6.45) is 4.52. The second kappa shape index (κ2) is 7.38. The van der Waals surface area contributed by atoms with Crippen LogP contribution in [-0.4, -0.2) is 14.5 Å². The highest BCUT2D eigenvalue weighted by Gasteiger charge is 2.17. The number of aryl methyl sites for hydroxylation is 1. The molecule has 0 aromatic heterocycles. The number of nitrogens with one attached hydrogen (secondary N) is 1. The van der Waals surface area contributed by atoms with E-state index in [9.17, 15) is 8.42 Å². The number of hydrogen-bond acceptors (Lipinski definition) is 2. The third kappa shape index (κ3) is 4.55. The first-order valence-electron chi connectivity index (χ1n) is 7.33. The van der Waals surface area contributed by atoms with Crippen LogP contribution in [0, 0.1) is 6.92 Å². The van der Waals surface area contributed by atoms with Gasteiger partial charge in [0.1, 0.15) is 0 Å². The minimum Gasteiger partial charge on any atom is -0.207 e. The van der Waals surface area contributed by atoms with Crippen molar-refractivity contribution in [2.24, 2.45) is 0 Å². The van der Waals surface area contributed by atoms with Gasteiger partial charge in [0.25, 0.3) is 0 Å². The summed E-state index contributed by atoms with van der Waals surface area (Å²) in [4.78, 5) is 0.296. The molecule has 0 aliphatic heterocycles. The molecule has 1 unspecified atom stereocenters. The van der Waals surface area contributed by atoms with E-state index in [0.717, 1.165) is 11.1 Å². The minimum absolute atomic E-state index is 0.230. The van der Waals surface area contributed by atoms with Crippen LogP contribution < -0.4 is 4.72 Å². The van der Waals surface area contributed by atoms with E-state index in [4.69, 9.17) is 0 Å². The molecule has 0 heterocycles. The maximum absolute atomic E-state index is 12.4. The first-order chi connectivity index (χ1) is 10.5. The standard InChI is InChI=1S/C18H21NO2S/c1-3-17(12-11-16-7-5-4-6-8-16)19-22(20,21)18-13-9-15(2)10-14-18/h4-14,17,19H,3H2,1-2H3/b12-11+. The van der Waals surface area contributed by atoms with E-state index in [1.54, 1.807) is 24.3 Å². The molecule has 0 amide bonds. The molecule has 116 valence electrons. The lowest BCUT2D eigenvalue weighted by molar-refractivity contribution is 0.568. The summed E-state index contributed by atoms with van der Waals surface area (Å²) in [5.74, 6) is 0. The van der Waals surface area contributed by atoms with E-state index in [-0.39, 0.29) is 6.04 Å². The molecule has 0 spiro atoms. The zero-order chi connectivity index (χ0) is 16.0. The van der Waals surface area contributed by atoms with Crippen LogP contribution in [0.25, 0.3) is 6.08 Å². The highest BCUT2D eigenvalue weighted by Crippen LogP contribution is 2.12. The van der Waals surface area contributed by atoms with Crippen molar-refractivity contribution in [2.75, 3.05) is 0 Å². The van der Waals surface area contributed by atoms with Gasteiger partial charge < -0.3 is 0 Å². The maximum atomic E-state index is 12.4. The smallest absolute Gasteiger partial charge is 0.207 e. The predicted octanol–water partition coefficient (Wildman–Crippen LogP) is 3.77. The zero-order valence-corrected chi connectivity index (χ0v) is 13.7. The Balaban J connectivity index is 2.12. The lowest BCUT2D eigenvalue weighted by atomic mass is 10.1. The van der Waals surface area contributed by atoms with Gasteiger partial charge in [0.2, 0.25) is 10.0 Å². The molecule has 0 saturated carbocycles. The van der Waals surface area contributed by atoms with Crippen LogP contribution in [0.15, 0.2) is 65.6 Å². The van der Waals surface area contributed by atoms with Crippen LogP contribution in [0.4, 0.5) is 0 Å². The Labute approximate surface area is 132 Å². The normalized spacial score (nSPS) is 13.4. The SMILES string of the molecule is CCC(/C=C/c1ccccc1)NS(=O)(=O)c1ccc(C)cc1. The largest absolute Gasteiger partial charge is 0.241 e. The molecule has 0 bridgehead atoms. The van der Waals surface area contributed by atoms with Crippen molar-refractivity contribution in [2.45, 2.75) is 31.2 Å². The van der Waals surface area contributed by atoms with Gasteiger partial charge in [-0.15, -0.1) is 0 Å². The van der Waals surface area contributed by atoms with Gasteiger partial charge in [-0.25, -0.2) is 13.1 Å². The molecule has 1 N–H and O–H groups in total. The van der Waals surface area contributed by atoms with Gasteiger partial charge in [-0.3, -0.25) is 0 Å². The fraction of sp³-hybridized carbons (Fsp3) is 0.222. The number of rotatable bonds is 6. The molecule has 0 radical (unpaired) electrons. The topological polar surface area (TPSA) is 46.2 Å². The molecular weight excluding hydrogens is 294 g/mol. The van der Waals surface area contributed by atoms with Crippen molar-refractivity contribution in [3.8, 4) is 0 Å². The summed E-state index contributed by atoms with van der Waals surface area (Å²) in [5, 5.41) is 0. The Morgan fingerprint density at radius 3 is 2.27 bits per heavy atom. The first kappa shape index (κ1) is 16.5. The highest BCUT2D eigenvalue weighted by molar-refractivity contribution is 7.89. The summed E-state index contributed by atoms with van der Waals surface area (Å²) in [6.45, 7) is 3.89. The molecule has 2 aromatic carbocycles. The molecular formula is C18H21NO2S. The Hall–Kier alpha value is -1.91. The summed E-state index contributed by atoms with van der Waals surface area (Å²) in [7, 11) is -3.49. The summed E-state index contributed by atoms with van der Waals surface area (Å²) in [6, 6.07) is 16.5. The van der Waals surface area contributed by atoms with Crippen LogP contribution in [-0.2, 0) is 10.0 Å². The monoisotopic (exact) mass is 315 g/mol. The number of benzene rings is 2. The Kier molecular flexibility index (Phi) is 5.52. The van der Waals surface area contributed by atoms with Crippen molar-refractivity contribution in [1.29, 1.82) is 0 Å². The van der Waals surface area contributed by atoms with E-state index >= 15 is 0 Å². The first-order valence-corrected chi connectivity index (χ1v) is 8.82. The van der Waals surface area contributed by atoms with Gasteiger partial charge >= 0.3 is 0 Å². The van der Waals surface area contributed by atoms with Crippen LogP contribution in [0.1, 0.15) is 24.5 Å². The molecule has 0 aliphatic rings. The summed E-state index contributed by atoms with van der Waals surface area (Å²) in [5.41, 5.74) is 2.09. The average Bonchev–Trinajstić information content (AvgIpc) is 2.52. The average molecular weight is 315 g/mol. The second-order valence-corrected chi connectivity index (χ2v) is 6.93. The zero-order valence-electron chi connectivity index (χ0n) is 12.9. The van der Waals surface area contributed by atoms with Gasteiger partial charge in [0.15, 0.2) is 0 Å². The van der Waals surface area contributed by atoms with Gasteiger partial charge in [0, 0.05) is 6.04 Å². The minimum atomic E-state index is -3.49. The molecule has 0 fully saturated rings. The van der Waals surface area contributed by atoms with E-state index in [1.165, 1.54) is 0 Å². The molecule has 2 rings (SSSR count). The predicted molar refractivity (Wildman–Crippen MR) is 91.1 cm³/mol.